The van der Waals surface area contributed by atoms with Crippen LogP contribution in [0.3, 0.4) is 0 Å². The quantitative estimate of drug-likeness (QED) is 0.415. The van der Waals surface area contributed by atoms with E-state index in [0.717, 1.165) is 11.9 Å². The van der Waals surface area contributed by atoms with E-state index in [1.807, 2.05) is 33.8 Å². The largest absolute Gasteiger partial charge is 0.409 e. The number of carbonyl (C=O) groups excluding carboxylic acids is 1. The zero-order valence-corrected chi connectivity index (χ0v) is 14.5. The van der Waals surface area contributed by atoms with Crippen molar-refractivity contribution in [2.45, 2.75) is 72.7 Å². The molecule has 0 aromatic carbocycles. The monoisotopic (exact) mass is 270 g/mol. The summed E-state index contributed by atoms with van der Waals surface area (Å²) in [4.78, 5) is 11.3. The Morgan fingerprint density at radius 3 is 1.89 bits per heavy atom. The van der Waals surface area contributed by atoms with Crippen LogP contribution in [0.2, 0.25) is 18.1 Å². The molecule has 0 spiro atoms. The number of allylic oxidation sites excluding steroid dienone is 1. The maximum Gasteiger partial charge on any atom is 0.192 e. The third-order valence-electron chi connectivity index (χ3n) is 4.07. The molecular formula is C15H30O2Si. The first-order valence-corrected chi connectivity index (χ1v) is 9.57. The summed E-state index contributed by atoms with van der Waals surface area (Å²) >= 11 is 0. The van der Waals surface area contributed by atoms with Crippen LogP contribution in [0.1, 0.15) is 48.5 Å². The van der Waals surface area contributed by atoms with E-state index in [-0.39, 0.29) is 11.1 Å². The van der Waals surface area contributed by atoms with Crippen LogP contribution >= 0.6 is 0 Å². The highest BCUT2D eigenvalue weighted by Gasteiger charge is 2.43. The van der Waals surface area contributed by atoms with Crippen molar-refractivity contribution < 1.29 is 9.22 Å². The third kappa shape index (κ3) is 4.06. The molecule has 0 bridgehead atoms. The Morgan fingerprint density at radius 1 is 1.17 bits per heavy atom. The van der Waals surface area contributed by atoms with Crippen LogP contribution in [0.5, 0.6) is 0 Å². The molecule has 2 nitrogen and oxygen atoms in total. The van der Waals surface area contributed by atoms with Crippen molar-refractivity contribution in [3.63, 3.8) is 0 Å². The lowest BCUT2D eigenvalue weighted by molar-refractivity contribution is -0.118. The van der Waals surface area contributed by atoms with Gasteiger partial charge in [0.15, 0.2) is 8.32 Å². The van der Waals surface area contributed by atoms with Crippen LogP contribution in [0.4, 0.5) is 0 Å². The van der Waals surface area contributed by atoms with E-state index in [4.69, 9.17) is 4.43 Å². The van der Waals surface area contributed by atoms with Gasteiger partial charge in [0.2, 0.25) is 0 Å². The number of hydrogen-bond acceptors (Lipinski definition) is 2. The summed E-state index contributed by atoms with van der Waals surface area (Å²) in [6.07, 6.45) is 2.93. The molecule has 0 saturated heterocycles. The second-order valence-corrected chi connectivity index (χ2v) is 12.0. The van der Waals surface area contributed by atoms with Crippen molar-refractivity contribution in [1.29, 1.82) is 0 Å². The normalized spacial score (nSPS) is 16.6. The minimum Gasteiger partial charge on any atom is -0.409 e. The molecule has 0 aliphatic heterocycles. The van der Waals surface area contributed by atoms with E-state index >= 15 is 0 Å². The standard InChI is InChI=1S/C15H30O2Si/c1-10-12(2)13(15(6,7)11-16)17-18(8,9)14(3,4)5/h10-11,13H,1-9H3/b12-10+/t13-/m1/s1. The molecule has 0 aliphatic carbocycles. The summed E-state index contributed by atoms with van der Waals surface area (Å²) in [6, 6.07) is 0. The van der Waals surface area contributed by atoms with Gasteiger partial charge in [0.05, 0.1) is 6.10 Å². The zero-order chi connectivity index (χ0) is 14.8. The molecule has 0 rings (SSSR count). The third-order valence-corrected chi connectivity index (χ3v) is 8.50. The molecule has 0 aliphatic rings. The molecule has 3 heteroatoms. The molecule has 0 N–H and O–H groups in total. The Bertz CT molecular complexity index is 322. The predicted molar refractivity (Wildman–Crippen MR) is 81.3 cm³/mol. The summed E-state index contributed by atoms with van der Waals surface area (Å²) in [5.41, 5.74) is 0.656. The maximum atomic E-state index is 11.3. The van der Waals surface area contributed by atoms with Gasteiger partial charge in [-0.2, -0.15) is 0 Å². The summed E-state index contributed by atoms with van der Waals surface area (Å²) in [5, 5.41) is 0.151. The lowest BCUT2D eigenvalue weighted by Crippen LogP contribution is -2.48. The van der Waals surface area contributed by atoms with Crippen LogP contribution in [-0.4, -0.2) is 20.7 Å². The summed E-state index contributed by atoms with van der Waals surface area (Å²) in [7, 11) is -1.87. The predicted octanol–water partition coefficient (Wildman–Crippen LogP) is 4.57. The number of hydrogen-bond donors (Lipinski definition) is 0. The SMILES string of the molecule is C/C=C(\C)[C@@H](O[Si](C)(C)C(C)(C)C)C(C)(C)C=O. The van der Waals surface area contributed by atoms with Gasteiger partial charge in [-0.15, -0.1) is 0 Å². The fraction of sp³-hybridized carbons (Fsp3) is 0.800. The molecule has 0 aromatic rings. The van der Waals surface area contributed by atoms with Crippen molar-refractivity contribution in [2.75, 3.05) is 0 Å². The fourth-order valence-corrected chi connectivity index (χ4v) is 2.95. The second-order valence-electron chi connectivity index (χ2n) is 7.23. The van der Waals surface area contributed by atoms with Gasteiger partial charge in [0.25, 0.3) is 0 Å². The Morgan fingerprint density at radius 2 is 1.61 bits per heavy atom. The van der Waals surface area contributed by atoms with E-state index in [9.17, 15) is 4.79 Å². The summed E-state index contributed by atoms with van der Waals surface area (Å²) in [6.45, 7) is 19.0. The van der Waals surface area contributed by atoms with Gasteiger partial charge in [-0.1, -0.05) is 40.7 Å². The molecule has 0 radical (unpaired) electrons. The van der Waals surface area contributed by atoms with Gasteiger partial charge < -0.3 is 9.22 Å². The van der Waals surface area contributed by atoms with Crippen LogP contribution in [0.15, 0.2) is 11.6 Å². The van der Waals surface area contributed by atoms with E-state index in [0.29, 0.717) is 0 Å². The van der Waals surface area contributed by atoms with Crippen molar-refractivity contribution in [2.24, 2.45) is 5.41 Å². The Labute approximate surface area is 114 Å². The zero-order valence-electron chi connectivity index (χ0n) is 13.5. The fourth-order valence-electron chi connectivity index (χ4n) is 1.52. The first-order chi connectivity index (χ1) is 7.89. The van der Waals surface area contributed by atoms with Crippen LogP contribution in [0, 0.1) is 5.41 Å². The van der Waals surface area contributed by atoms with Crippen LogP contribution < -0.4 is 0 Å². The number of carbonyl (C=O) groups is 1. The molecule has 1 atom stereocenters. The number of aldehydes is 1. The van der Waals surface area contributed by atoms with Gasteiger partial charge in [0.1, 0.15) is 6.29 Å². The van der Waals surface area contributed by atoms with Gasteiger partial charge in [-0.05, 0) is 37.6 Å². The first-order valence-electron chi connectivity index (χ1n) is 6.66. The van der Waals surface area contributed by atoms with E-state index in [1.54, 1.807) is 0 Å². The van der Waals surface area contributed by atoms with Crippen LogP contribution in [-0.2, 0) is 9.22 Å². The smallest absolute Gasteiger partial charge is 0.192 e. The van der Waals surface area contributed by atoms with Crippen molar-refractivity contribution in [1.82, 2.24) is 0 Å². The first kappa shape index (κ1) is 17.6. The van der Waals surface area contributed by atoms with E-state index in [2.05, 4.69) is 33.9 Å². The van der Waals surface area contributed by atoms with Gasteiger partial charge >= 0.3 is 0 Å². The summed E-state index contributed by atoms with van der Waals surface area (Å²) < 4.78 is 6.45. The lowest BCUT2D eigenvalue weighted by Gasteiger charge is -2.43. The van der Waals surface area contributed by atoms with Gasteiger partial charge in [0, 0.05) is 5.41 Å². The minimum atomic E-state index is -1.87. The van der Waals surface area contributed by atoms with Crippen LogP contribution in [0.25, 0.3) is 0 Å². The minimum absolute atomic E-state index is 0.124. The second kappa shape index (κ2) is 5.70. The molecule has 106 valence electrons. The number of rotatable bonds is 5. The maximum absolute atomic E-state index is 11.3. The molecular weight excluding hydrogens is 240 g/mol. The van der Waals surface area contributed by atoms with Gasteiger partial charge in [-0.25, -0.2) is 0 Å². The van der Waals surface area contributed by atoms with Crippen molar-refractivity contribution in [3.05, 3.63) is 11.6 Å². The lowest BCUT2D eigenvalue weighted by atomic mass is 9.84. The molecule has 0 heterocycles. The summed E-state index contributed by atoms with van der Waals surface area (Å²) in [5.74, 6) is 0. The average Bonchev–Trinajstić information content (AvgIpc) is 2.23. The Balaban J connectivity index is 5.35. The van der Waals surface area contributed by atoms with E-state index < -0.39 is 13.7 Å². The van der Waals surface area contributed by atoms with Crippen molar-refractivity contribution in [3.8, 4) is 0 Å². The Kier molecular flexibility index (Phi) is 5.57. The highest BCUT2D eigenvalue weighted by molar-refractivity contribution is 6.74. The van der Waals surface area contributed by atoms with E-state index in [1.165, 1.54) is 0 Å². The highest BCUT2D eigenvalue weighted by Crippen LogP contribution is 2.40. The molecule has 0 fully saturated rings. The van der Waals surface area contributed by atoms with Crippen molar-refractivity contribution >= 4 is 14.6 Å². The average molecular weight is 270 g/mol. The van der Waals surface area contributed by atoms with Gasteiger partial charge in [-0.3, -0.25) is 0 Å². The molecule has 0 amide bonds. The molecule has 18 heavy (non-hydrogen) atoms. The molecule has 0 saturated carbocycles. The molecule has 0 unspecified atom stereocenters. The Hall–Kier alpha value is -0.413. The highest BCUT2D eigenvalue weighted by atomic mass is 28.4. The molecule has 0 aromatic heterocycles. The topological polar surface area (TPSA) is 26.3 Å².